The molecule has 2 heterocycles. The van der Waals surface area contributed by atoms with Crippen LogP contribution in [0, 0.1) is 25.2 Å². The normalized spacial score (nSPS) is 12.5. The minimum atomic E-state index is -0.520. The number of aromatic nitrogens is 1. The van der Waals surface area contributed by atoms with Crippen molar-refractivity contribution in [2.24, 2.45) is 0 Å². The predicted molar refractivity (Wildman–Crippen MR) is 124 cm³/mol. The molecule has 0 fully saturated rings. The lowest BCUT2D eigenvalue weighted by atomic mass is 10.2. The van der Waals surface area contributed by atoms with Gasteiger partial charge in [-0.25, -0.2) is 0 Å². The topological polar surface area (TPSA) is 97.3 Å². The third-order valence-electron chi connectivity index (χ3n) is 4.72. The summed E-state index contributed by atoms with van der Waals surface area (Å²) in [7, 11) is 0. The SMILES string of the molecule is CCOCCCNC(=O)/C(C#N)=c1\s/c(=C/c2ccc(C)o2)c(=O)n1-c1ccccc1C. The number of rotatable bonds is 8. The summed E-state index contributed by atoms with van der Waals surface area (Å²) < 4.78 is 12.9. The van der Waals surface area contributed by atoms with Crippen molar-refractivity contribution >= 4 is 28.9 Å². The van der Waals surface area contributed by atoms with E-state index in [9.17, 15) is 14.9 Å². The summed E-state index contributed by atoms with van der Waals surface area (Å²) in [5.41, 5.74) is 1.05. The van der Waals surface area contributed by atoms with Crippen LogP contribution in [0.1, 0.15) is 30.4 Å². The molecule has 32 heavy (non-hydrogen) atoms. The van der Waals surface area contributed by atoms with Gasteiger partial charge in [0.2, 0.25) is 0 Å². The van der Waals surface area contributed by atoms with Crippen LogP contribution in [0.3, 0.4) is 0 Å². The van der Waals surface area contributed by atoms with E-state index in [0.717, 1.165) is 22.7 Å². The van der Waals surface area contributed by atoms with Gasteiger partial charge in [-0.3, -0.25) is 14.2 Å². The number of amides is 1. The number of hydrogen-bond acceptors (Lipinski definition) is 6. The Morgan fingerprint density at radius 3 is 2.72 bits per heavy atom. The molecule has 8 heteroatoms. The van der Waals surface area contributed by atoms with Crippen molar-refractivity contribution in [3.05, 3.63) is 73.0 Å². The summed E-state index contributed by atoms with van der Waals surface area (Å²) in [5, 5.41) is 12.6. The van der Waals surface area contributed by atoms with Crippen LogP contribution in [0.5, 0.6) is 0 Å². The number of carbonyl (C=O) groups is 1. The van der Waals surface area contributed by atoms with E-state index in [1.54, 1.807) is 18.2 Å². The number of carbonyl (C=O) groups excluding carboxylic acids is 1. The van der Waals surface area contributed by atoms with Crippen molar-refractivity contribution in [1.82, 2.24) is 9.88 Å². The van der Waals surface area contributed by atoms with Gasteiger partial charge in [0.25, 0.3) is 11.5 Å². The number of nitrogens with one attached hydrogen (secondary N) is 1. The lowest BCUT2D eigenvalue weighted by Gasteiger charge is -2.08. The van der Waals surface area contributed by atoms with Crippen LogP contribution in [-0.2, 0) is 9.53 Å². The van der Waals surface area contributed by atoms with Crippen LogP contribution in [0.25, 0.3) is 17.3 Å². The second-order valence-corrected chi connectivity index (χ2v) is 8.12. The fourth-order valence-corrected chi connectivity index (χ4v) is 4.22. The fourth-order valence-electron chi connectivity index (χ4n) is 3.15. The standard InChI is InChI=1S/C24H25N3O4S/c1-4-30-13-7-12-26-22(28)19(15-25)24-27(20-9-6-5-8-16(20)2)23(29)21(32-24)14-18-11-10-17(3)31-18/h5-6,8-11,14H,4,7,12-13H2,1-3H3,(H,26,28)/b21-14+,24-19-. The van der Waals surface area contributed by atoms with E-state index in [1.807, 2.05) is 51.1 Å². The predicted octanol–water partition coefficient (Wildman–Crippen LogP) is 2.15. The molecule has 3 rings (SSSR count). The molecule has 1 amide bonds. The maximum absolute atomic E-state index is 13.4. The van der Waals surface area contributed by atoms with Gasteiger partial charge >= 0.3 is 0 Å². The molecule has 0 radical (unpaired) electrons. The monoisotopic (exact) mass is 451 g/mol. The Balaban J connectivity index is 2.16. The maximum Gasteiger partial charge on any atom is 0.273 e. The largest absolute Gasteiger partial charge is 0.462 e. The Morgan fingerprint density at radius 2 is 2.06 bits per heavy atom. The average molecular weight is 452 g/mol. The van der Waals surface area contributed by atoms with Crippen LogP contribution in [0.15, 0.2) is 45.6 Å². The molecule has 166 valence electrons. The Labute approximate surface area is 189 Å². The maximum atomic E-state index is 13.4. The molecule has 1 aromatic carbocycles. The van der Waals surface area contributed by atoms with Crippen molar-refractivity contribution < 1.29 is 13.9 Å². The van der Waals surface area contributed by atoms with Gasteiger partial charge in [-0.1, -0.05) is 18.2 Å². The third kappa shape index (κ3) is 5.25. The van der Waals surface area contributed by atoms with E-state index in [2.05, 4.69) is 5.32 Å². The molecule has 7 nitrogen and oxygen atoms in total. The van der Waals surface area contributed by atoms with Crippen molar-refractivity contribution in [3.8, 4) is 11.8 Å². The zero-order chi connectivity index (χ0) is 23.1. The van der Waals surface area contributed by atoms with Crippen LogP contribution in [0.4, 0.5) is 0 Å². The first-order valence-corrected chi connectivity index (χ1v) is 11.1. The summed E-state index contributed by atoms with van der Waals surface area (Å²) in [6.45, 7) is 7.10. The van der Waals surface area contributed by atoms with E-state index < -0.39 is 5.91 Å². The Hall–Kier alpha value is -3.41. The van der Waals surface area contributed by atoms with Crippen molar-refractivity contribution in [2.45, 2.75) is 27.2 Å². The summed E-state index contributed by atoms with van der Waals surface area (Å²) in [4.78, 5) is 26.2. The van der Waals surface area contributed by atoms with Gasteiger partial charge in [0.05, 0.1) is 10.2 Å². The highest BCUT2D eigenvalue weighted by atomic mass is 32.1. The minimum Gasteiger partial charge on any atom is -0.462 e. The highest BCUT2D eigenvalue weighted by molar-refractivity contribution is 7.07. The summed E-state index contributed by atoms with van der Waals surface area (Å²) in [6, 6.07) is 12.9. The van der Waals surface area contributed by atoms with E-state index in [1.165, 1.54) is 4.57 Å². The van der Waals surface area contributed by atoms with Crippen molar-refractivity contribution in [2.75, 3.05) is 19.8 Å². The molecule has 1 N–H and O–H groups in total. The van der Waals surface area contributed by atoms with Gasteiger partial charge in [0, 0.05) is 25.8 Å². The summed E-state index contributed by atoms with van der Waals surface area (Å²) in [5.74, 6) is 0.735. The molecule has 0 saturated heterocycles. The highest BCUT2D eigenvalue weighted by Gasteiger charge is 2.17. The molecule has 0 atom stereocenters. The third-order valence-corrected chi connectivity index (χ3v) is 5.81. The average Bonchev–Trinajstić information content (AvgIpc) is 3.32. The lowest BCUT2D eigenvalue weighted by Crippen LogP contribution is -2.34. The van der Waals surface area contributed by atoms with Gasteiger partial charge in [0.15, 0.2) is 5.57 Å². The molecule has 3 aromatic rings. The van der Waals surface area contributed by atoms with Gasteiger partial charge < -0.3 is 14.5 Å². The number of aryl methyl sites for hydroxylation is 2. The number of nitrogens with zero attached hydrogens (tertiary/aromatic N) is 2. The van der Waals surface area contributed by atoms with E-state index >= 15 is 0 Å². The van der Waals surface area contributed by atoms with Crippen LogP contribution >= 0.6 is 11.3 Å². The lowest BCUT2D eigenvalue weighted by molar-refractivity contribution is -0.115. The summed E-state index contributed by atoms with van der Waals surface area (Å²) >= 11 is 1.09. The molecule has 0 bridgehead atoms. The first-order chi connectivity index (χ1) is 15.5. The van der Waals surface area contributed by atoms with Crippen molar-refractivity contribution in [1.29, 1.82) is 5.26 Å². The first kappa shape index (κ1) is 23.3. The molecule has 0 unspecified atom stereocenters. The fraction of sp³-hybridized carbons (Fsp3) is 0.292. The minimum absolute atomic E-state index is 0.109. The molecule has 0 spiro atoms. The van der Waals surface area contributed by atoms with Gasteiger partial charge in [-0.2, -0.15) is 5.26 Å². The number of ether oxygens (including phenoxy) is 1. The number of furan rings is 1. The molecule has 0 aliphatic heterocycles. The van der Waals surface area contributed by atoms with E-state index in [0.29, 0.717) is 42.2 Å². The molecule has 2 aromatic heterocycles. The smallest absolute Gasteiger partial charge is 0.273 e. The molecular weight excluding hydrogens is 426 g/mol. The van der Waals surface area contributed by atoms with E-state index in [-0.39, 0.29) is 15.8 Å². The zero-order valence-electron chi connectivity index (χ0n) is 18.3. The number of benzene rings is 1. The highest BCUT2D eigenvalue weighted by Crippen LogP contribution is 2.11. The van der Waals surface area contributed by atoms with Gasteiger partial charge in [-0.15, -0.1) is 11.3 Å². The number of thiazole rings is 1. The molecular formula is C24H25N3O4S. The number of para-hydroxylation sites is 1. The molecule has 0 aliphatic carbocycles. The number of nitriles is 1. The van der Waals surface area contributed by atoms with Crippen LogP contribution < -0.4 is 20.1 Å². The van der Waals surface area contributed by atoms with Crippen LogP contribution in [-0.4, -0.2) is 30.2 Å². The zero-order valence-corrected chi connectivity index (χ0v) is 19.1. The second-order valence-electron chi connectivity index (χ2n) is 7.08. The van der Waals surface area contributed by atoms with Gasteiger partial charge in [-0.05, 0) is 51.0 Å². The first-order valence-electron chi connectivity index (χ1n) is 10.3. The quantitative estimate of drug-likeness (QED) is 0.530. The van der Waals surface area contributed by atoms with Crippen LogP contribution in [0.2, 0.25) is 0 Å². The number of hydrogen-bond donors (Lipinski definition) is 1. The second kappa shape index (κ2) is 10.8. The molecule has 0 aliphatic rings. The molecule has 0 saturated carbocycles. The van der Waals surface area contributed by atoms with Gasteiger partial charge in [0.1, 0.15) is 22.3 Å². The summed E-state index contributed by atoms with van der Waals surface area (Å²) in [6.07, 6.45) is 2.26. The van der Waals surface area contributed by atoms with E-state index in [4.69, 9.17) is 9.15 Å². The Bertz CT molecular complexity index is 1320. The van der Waals surface area contributed by atoms with Crippen molar-refractivity contribution in [3.63, 3.8) is 0 Å². The Kier molecular flexibility index (Phi) is 7.82. The Morgan fingerprint density at radius 1 is 1.28 bits per heavy atom.